The molecule has 2 nitrogen and oxygen atoms in total. The second-order valence-electron chi connectivity index (χ2n) is 2.63. The van der Waals surface area contributed by atoms with E-state index >= 15 is 0 Å². The fourth-order valence-electron chi connectivity index (χ4n) is 0.739. The molecule has 0 aromatic heterocycles. The zero-order chi connectivity index (χ0) is 8.04. The van der Waals surface area contributed by atoms with E-state index in [1.54, 1.807) is 7.11 Å². The van der Waals surface area contributed by atoms with Gasteiger partial charge in [-0.1, -0.05) is 0 Å². The topological polar surface area (TPSA) is 18.5 Å². The molecule has 0 aliphatic heterocycles. The first-order valence-electron chi connectivity index (χ1n) is 3.60. The van der Waals surface area contributed by atoms with E-state index in [9.17, 15) is 0 Å². The fourth-order valence-corrected chi connectivity index (χ4v) is 0.739. The summed E-state index contributed by atoms with van der Waals surface area (Å²) in [7, 11) is 1.68. The van der Waals surface area contributed by atoms with Crippen LogP contribution in [0.5, 0.6) is 0 Å². The van der Waals surface area contributed by atoms with Gasteiger partial charge in [0.1, 0.15) is 0 Å². The molecule has 0 saturated heterocycles. The Morgan fingerprint density at radius 3 is 2.50 bits per heavy atom. The summed E-state index contributed by atoms with van der Waals surface area (Å²) in [5.74, 6) is 0. The summed E-state index contributed by atoms with van der Waals surface area (Å²) in [5, 5.41) is 0. The Morgan fingerprint density at radius 1 is 1.50 bits per heavy atom. The van der Waals surface area contributed by atoms with E-state index in [1.165, 1.54) is 0 Å². The summed E-state index contributed by atoms with van der Waals surface area (Å²) in [6.45, 7) is 9.25. The SMILES string of the molecule is [CH2]C(C)(CCOC)OCC. The van der Waals surface area contributed by atoms with Crippen LogP contribution in [0.3, 0.4) is 0 Å². The number of methoxy groups -OCH3 is 1. The van der Waals surface area contributed by atoms with Crippen molar-refractivity contribution in [2.24, 2.45) is 0 Å². The molecule has 1 atom stereocenters. The fraction of sp³-hybridized carbons (Fsp3) is 0.875. The van der Waals surface area contributed by atoms with Gasteiger partial charge in [0.25, 0.3) is 0 Å². The monoisotopic (exact) mass is 145 g/mol. The quantitative estimate of drug-likeness (QED) is 0.585. The van der Waals surface area contributed by atoms with Gasteiger partial charge < -0.3 is 9.47 Å². The normalized spacial score (nSPS) is 12.0. The molecule has 0 N–H and O–H groups in total. The molecule has 0 aromatic carbocycles. The highest BCUT2D eigenvalue weighted by molar-refractivity contribution is 4.76. The van der Waals surface area contributed by atoms with Gasteiger partial charge in [-0.05, 0) is 27.2 Å². The van der Waals surface area contributed by atoms with Gasteiger partial charge in [-0.3, -0.25) is 0 Å². The average molecular weight is 145 g/mol. The average Bonchev–Trinajstić information content (AvgIpc) is 1.84. The molecule has 0 fully saturated rings. The van der Waals surface area contributed by atoms with E-state index in [4.69, 9.17) is 9.47 Å². The molecular formula is C8H17O2. The van der Waals surface area contributed by atoms with E-state index in [2.05, 4.69) is 6.92 Å². The first-order chi connectivity index (χ1) is 4.62. The Bertz CT molecular complexity index is 79.3. The maximum absolute atomic E-state index is 5.34. The molecule has 0 aromatic rings. The van der Waals surface area contributed by atoms with Crippen LogP contribution in [0.25, 0.3) is 0 Å². The van der Waals surface area contributed by atoms with Crippen LogP contribution in [-0.4, -0.2) is 25.9 Å². The summed E-state index contributed by atoms with van der Waals surface area (Å²) in [6, 6.07) is 0. The van der Waals surface area contributed by atoms with Crippen molar-refractivity contribution in [2.45, 2.75) is 25.9 Å². The zero-order valence-electron chi connectivity index (χ0n) is 7.14. The Hall–Kier alpha value is -0.0800. The Balaban J connectivity index is 3.42. The van der Waals surface area contributed by atoms with Gasteiger partial charge in [0, 0.05) is 20.3 Å². The number of rotatable bonds is 5. The lowest BCUT2D eigenvalue weighted by molar-refractivity contribution is -0.0105. The van der Waals surface area contributed by atoms with E-state index in [1.807, 2.05) is 13.8 Å². The summed E-state index contributed by atoms with van der Waals surface area (Å²) < 4.78 is 10.2. The van der Waals surface area contributed by atoms with Gasteiger partial charge in [-0.25, -0.2) is 0 Å². The van der Waals surface area contributed by atoms with Crippen LogP contribution in [0.4, 0.5) is 0 Å². The van der Waals surface area contributed by atoms with Crippen molar-refractivity contribution in [1.29, 1.82) is 0 Å². The van der Waals surface area contributed by atoms with Gasteiger partial charge >= 0.3 is 0 Å². The van der Waals surface area contributed by atoms with Crippen LogP contribution < -0.4 is 0 Å². The maximum Gasteiger partial charge on any atom is 0.0677 e. The van der Waals surface area contributed by atoms with Crippen LogP contribution in [0.15, 0.2) is 0 Å². The zero-order valence-corrected chi connectivity index (χ0v) is 7.14. The predicted molar refractivity (Wildman–Crippen MR) is 41.9 cm³/mol. The molecule has 1 radical (unpaired) electrons. The smallest absolute Gasteiger partial charge is 0.0677 e. The van der Waals surface area contributed by atoms with Crippen molar-refractivity contribution in [3.63, 3.8) is 0 Å². The molecule has 0 heterocycles. The van der Waals surface area contributed by atoms with Crippen LogP contribution in [0.2, 0.25) is 0 Å². The van der Waals surface area contributed by atoms with Gasteiger partial charge in [0.05, 0.1) is 5.60 Å². The molecular weight excluding hydrogens is 128 g/mol. The molecule has 1 unspecified atom stereocenters. The van der Waals surface area contributed by atoms with Gasteiger partial charge in [-0.15, -0.1) is 0 Å². The molecule has 10 heavy (non-hydrogen) atoms. The lowest BCUT2D eigenvalue weighted by Crippen LogP contribution is -2.26. The molecule has 61 valence electrons. The van der Waals surface area contributed by atoms with Crippen molar-refractivity contribution >= 4 is 0 Å². The van der Waals surface area contributed by atoms with Crippen molar-refractivity contribution < 1.29 is 9.47 Å². The summed E-state index contributed by atoms with van der Waals surface area (Å²) in [6.07, 6.45) is 0.845. The molecule has 0 aliphatic carbocycles. The maximum atomic E-state index is 5.34. The minimum absolute atomic E-state index is 0.273. The van der Waals surface area contributed by atoms with E-state index in [0.29, 0.717) is 13.2 Å². The molecule has 0 aliphatic rings. The van der Waals surface area contributed by atoms with Gasteiger partial charge in [-0.2, -0.15) is 0 Å². The highest BCUT2D eigenvalue weighted by Crippen LogP contribution is 2.12. The summed E-state index contributed by atoms with van der Waals surface area (Å²) in [4.78, 5) is 0. The Kier molecular flexibility index (Phi) is 4.65. The first kappa shape index (κ1) is 9.92. The van der Waals surface area contributed by atoms with Crippen molar-refractivity contribution in [3.05, 3.63) is 6.92 Å². The summed E-state index contributed by atoms with van der Waals surface area (Å²) in [5.41, 5.74) is -0.273. The van der Waals surface area contributed by atoms with E-state index < -0.39 is 0 Å². The highest BCUT2D eigenvalue weighted by atomic mass is 16.5. The third-order valence-corrected chi connectivity index (χ3v) is 1.33. The van der Waals surface area contributed by atoms with Crippen LogP contribution in [0.1, 0.15) is 20.3 Å². The standard InChI is InChI=1S/C8H17O2/c1-5-10-8(2,3)6-7-9-4/h2,5-7H2,1,3-4H3. The molecule has 2 heteroatoms. The molecule has 0 spiro atoms. The minimum atomic E-state index is -0.273. The van der Waals surface area contributed by atoms with Crippen molar-refractivity contribution in [1.82, 2.24) is 0 Å². The predicted octanol–water partition coefficient (Wildman–Crippen LogP) is 1.65. The largest absolute Gasteiger partial charge is 0.385 e. The van der Waals surface area contributed by atoms with E-state index in [0.717, 1.165) is 6.42 Å². The molecule has 0 bridgehead atoms. The number of hydrogen-bond donors (Lipinski definition) is 0. The lowest BCUT2D eigenvalue weighted by atomic mass is 10.1. The molecule has 0 amide bonds. The first-order valence-corrected chi connectivity index (χ1v) is 3.60. The second kappa shape index (κ2) is 4.69. The van der Waals surface area contributed by atoms with E-state index in [-0.39, 0.29) is 5.60 Å². The lowest BCUT2D eigenvalue weighted by Gasteiger charge is -2.23. The van der Waals surface area contributed by atoms with Crippen LogP contribution in [-0.2, 0) is 9.47 Å². The summed E-state index contributed by atoms with van der Waals surface area (Å²) >= 11 is 0. The van der Waals surface area contributed by atoms with Crippen LogP contribution in [0, 0.1) is 6.92 Å². The molecule has 0 rings (SSSR count). The third-order valence-electron chi connectivity index (χ3n) is 1.33. The molecule has 0 saturated carbocycles. The number of hydrogen-bond acceptors (Lipinski definition) is 2. The second-order valence-corrected chi connectivity index (χ2v) is 2.63. The van der Waals surface area contributed by atoms with Crippen LogP contribution >= 0.6 is 0 Å². The Morgan fingerprint density at radius 2 is 2.10 bits per heavy atom. The third kappa shape index (κ3) is 4.77. The minimum Gasteiger partial charge on any atom is -0.385 e. The Labute approximate surface area is 63.5 Å². The highest BCUT2D eigenvalue weighted by Gasteiger charge is 2.16. The van der Waals surface area contributed by atoms with Gasteiger partial charge in [0.2, 0.25) is 0 Å². The van der Waals surface area contributed by atoms with Gasteiger partial charge in [0.15, 0.2) is 0 Å². The van der Waals surface area contributed by atoms with Crippen molar-refractivity contribution in [2.75, 3.05) is 20.3 Å². The van der Waals surface area contributed by atoms with Crippen molar-refractivity contribution in [3.8, 4) is 0 Å². The number of ether oxygens (including phenoxy) is 2.